The van der Waals surface area contributed by atoms with Gasteiger partial charge in [0.05, 0.1) is 16.1 Å². The number of fused-ring (bicyclic) bond motifs is 1. The zero-order valence-electron chi connectivity index (χ0n) is 13.8. The number of hydrogen-bond acceptors (Lipinski definition) is 4. The molecule has 2 aromatic carbocycles. The summed E-state index contributed by atoms with van der Waals surface area (Å²) in [5, 5.41) is 3.68. The van der Waals surface area contributed by atoms with E-state index in [0.29, 0.717) is 11.3 Å². The summed E-state index contributed by atoms with van der Waals surface area (Å²) in [7, 11) is -0.588. The van der Waals surface area contributed by atoms with Crippen molar-refractivity contribution < 1.29 is 13.2 Å². The minimum atomic E-state index is -3.51. The maximum absolute atomic E-state index is 12.5. The van der Waals surface area contributed by atoms with Gasteiger partial charge in [-0.2, -0.15) is 0 Å². The topological polar surface area (TPSA) is 79.4 Å². The lowest BCUT2D eigenvalue weighted by Crippen LogP contribution is -2.22. The van der Waals surface area contributed by atoms with Crippen molar-refractivity contribution in [3.05, 3.63) is 66.4 Å². The number of anilines is 1. The van der Waals surface area contributed by atoms with Crippen molar-refractivity contribution in [1.29, 1.82) is 0 Å². The van der Waals surface area contributed by atoms with Gasteiger partial charge < -0.3 is 5.32 Å². The van der Waals surface area contributed by atoms with Gasteiger partial charge in [0.15, 0.2) is 0 Å². The van der Waals surface area contributed by atoms with Crippen molar-refractivity contribution in [3.8, 4) is 0 Å². The monoisotopic (exact) mass is 355 g/mol. The van der Waals surface area contributed by atoms with Gasteiger partial charge in [-0.05, 0) is 48.5 Å². The van der Waals surface area contributed by atoms with E-state index in [2.05, 4.69) is 10.3 Å². The molecule has 0 aliphatic rings. The molecule has 0 unspecified atom stereocenters. The molecule has 0 aliphatic carbocycles. The van der Waals surface area contributed by atoms with Crippen LogP contribution in [0.15, 0.2) is 65.7 Å². The van der Waals surface area contributed by atoms with Crippen LogP contribution in [0.1, 0.15) is 10.4 Å². The quantitative estimate of drug-likeness (QED) is 0.780. The number of amides is 1. The summed E-state index contributed by atoms with van der Waals surface area (Å²) < 4.78 is 25.3. The van der Waals surface area contributed by atoms with E-state index < -0.39 is 10.0 Å². The van der Waals surface area contributed by atoms with Gasteiger partial charge in [-0.1, -0.05) is 6.07 Å². The molecule has 0 spiro atoms. The van der Waals surface area contributed by atoms with Gasteiger partial charge in [0.25, 0.3) is 5.91 Å². The lowest BCUT2D eigenvalue weighted by Gasteiger charge is -2.12. The number of carbonyl (C=O) groups is 1. The zero-order valence-corrected chi connectivity index (χ0v) is 14.6. The van der Waals surface area contributed by atoms with E-state index in [9.17, 15) is 13.2 Å². The van der Waals surface area contributed by atoms with Gasteiger partial charge in [0.2, 0.25) is 10.0 Å². The number of carbonyl (C=O) groups excluding carboxylic acids is 1. The molecule has 1 amide bonds. The average molecular weight is 355 g/mol. The van der Waals surface area contributed by atoms with Crippen molar-refractivity contribution in [2.75, 3.05) is 19.4 Å². The molecule has 3 aromatic rings. The molecule has 7 heteroatoms. The smallest absolute Gasteiger partial charge is 0.255 e. The zero-order chi connectivity index (χ0) is 18.0. The average Bonchev–Trinajstić information content (AvgIpc) is 2.62. The lowest BCUT2D eigenvalue weighted by atomic mass is 10.1. The number of rotatable bonds is 4. The van der Waals surface area contributed by atoms with Crippen LogP contribution in [-0.2, 0) is 10.0 Å². The Bertz CT molecular complexity index is 1020. The van der Waals surface area contributed by atoms with Crippen LogP contribution in [0.5, 0.6) is 0 Å². The maximum Gasteiger partial charge on any atom is 0.255 e. The van der Waals surface area contributed by atoms with Gasteiger partial charge in [0, 0.05) is 31.2 Å². The first kappa shape index (κ1) is 17.1. The molecule has 0 atom stereocenters. The number of nitrogens with zero attached hydrogens (tertiary/aromatic N) is 2. The summed E-state index contributed by atoms with van der Waals surface area (Å²) in [5.74, 6) is -0.315. The summed E-state index contributed by atoms with van der Waals surface area (Å²) in [6.07, 6.45) is 1.69. The Balaban J connectivity index is 1.87. The molecule has 1 N–H and O–H groups in total. The Hall–Kier alpha value is -2.77. The number of aromatic nitrogens is 1. The molecule has 0 aliphatic heterocycles. The minimum absolute atomic E-state index is 0.142. The fourth-order valence-corrected chi connectivity index (χ4v) is 3.30. The fourth-order valence-electron chi connectivity index (χ4n) is 2.40. The highest BCUT2D eigenvalue weighted by atomic mass is 32.2. The molecule has 128 valence electrons. The predicted octanol–water partition coefficient (Wildman–Crippen LogP) is 2.74. The summed E-state index contributed by atoms with van der Waals surface area (Å²) in [6, 6.07) is 15.0. The Morgan fingerprint density at radius 1 is 1.00 bits per heavy atom. The highest BCUT2D eigenvalue weighted by Gasteiger charge is 2.17. The van der Waals surface area contributed by atoms with Crippen molar-refractivity contribution in [1.82, 2.24) is 9.29 Å². The number of nitrogens with one attached hydrogen (secondary N) is 1. The normalized spacial score (nSPS) is 11.6. The summed E-state index contributed by atoms with van der Waals surface area (Å²) in [6.45, 7) is 0. The Labute approximate surface area is 146 Å². The molecule has 0 saturated heterocycles. The van der Waals surface area contributed by atoms with Gasteiger partial charge in [-0.25, -0.2) is 12.7 Å². The third-order valence-corrected chi connectivity index (χ3v) is 5.62. The second-order valence-electron chi connectivity index (χ2n) is 5.64. The van der Waals surface area contributed by atoms with E-state index in [1.165, 1.54) is 38.4 Å². The van der Waals surface area contributed by atoms with E-state index in [4.69, 9.17) is 0 Å². The first-order valence-electron chi connectivity index (χ1n) is 7.57. The molecule has 1 aromatic heterocycles. The SMILES string of the molecule is CN(C)S(=O)(=O)c1ccc(C(=O)Nc2cccc3ncccc23)cc1. The van der Waals surface area contributed by atoms with Crippen LogP contribution < -0.4 is 5.32 Å². The van der Waals surface area contributed by atoms with E-state index in [1.54, 1.807) is 18.3 Å². The summed E-state index contributed by atoms with van der Waals surface area (Å²) >= 11 is 0. The number of sulfonamides is 1. The van der Waals surface area contributed by atoms with Crippen LogP contribution in [0.4, 0.5) is 5.69 Å². The van der Waals surface area contributed by atoms with Crippen LogP contribution >= 0.6 is 0 Å². The standard InChI is InChI=1S/C18H17N3O3S/c1-21(2)25(23,24)14-10-8-13(9-11-14)18(22)20-17-7-3-6-16-15(17)5-4-12-19-16/h3-12H,1-2H3,(H,20,22). The third kappa shape index (κ3) is 3.38. The largest absolute Gasteiger partial charge is 0.321 e. The van der Waals surface area contributed by atoms with Crippen LogP contribution in [0.25, 0.3) is 10.9 Å². The van der Waals surface area contributed by atoms with Crippen LogP contribution in [-0.4, -0.2) is 37.7 Å². The molecule has 6 nitrogen and oxygen atoms in total. The van der Waals surface area contributed by atoms with Gasteiger partial charge in [-0.15, -0.1) is 0 Å². The van der Waals surface area contributed by atoms with E-state index in [1.807, 2.05) is 18.2 Å². The van der Waals surface area contributed by atoms with Gasteiger partial charge in [0.1, 0.15) is 0 Å². The molecule has 0 radical (unpaired) electrons. The van der Waals surface area contributed by atoms with Crippen LogP contribution in [0.3, 0.4) is 0 Å². The van der Waals surface area contributed by atoms with Crippen LogP contribution in [0, 0.1) is 0 Å². The number of hydrogen-bond donors (Lipinski definition) is 1. The molecule has 0 saturated carbocycles. The second-order valence-corrected chi connectivity index (χ2v) is 7.79. The predicted molar refractivity (Wildman–Crippen MR) is 97.0 cm³/mol. The van der Waals surface area contributed by atoms with Crippen molar-refractivity contribution in [2.45, 2.75) is 4.90 Å². The molecular formula is C18H17N3O3S. The Kier molecular flexibility index (Phi) is 4.52. The van der Waals surface area contributed by atoms with Crippen molar-refractivity contribution in [2.24, 2.45) is 0 Å². The molecule has 0 fully saturated rings. The minimum Gasteiger partial charge on any atom is -0.321 e. The Morgan fingerprint density at radius 3 is 2.40 bits per heavy atom. The van der Waals surface area contributed by atoms with Gasteiger partial charge in [-0.3, -0.25) is 9.78 Å². The van der Waals surface area contributed by atoms with Gasteiger partial charge >= 0.3 is 0 Å². The molecular weight excluding hydrogens is 338 g/mol. The lowest BCUT2D eigenvalue weighted by molar-refractivity contribution is 0.102. The summed E-state index contributed by atoms with van der Waals surface area (Å²) in [4.78, 5) is 16.9. The van der Waals surface area contributed by atoms with Crippen LogP contribution in [0.2, 0.25) is 0 Å². The van der Waals surface area contributed by atoms with E-state index in [0.717, 1.165) is 15.2 Å². The third-order valence-electron chi connectivity index (χ3n) is 3.79. The molecule has 0 bridgehead atoms. The van der Waals surface area contributed by atoms with Crippen molar-refractivity contribution in [3.63, 3.8) is 0 Å². The summed E-state index contributed by atoms with van der Waals surface area (Å²) in [5.41, 5.74) is 1.81. The molecule has 1 heterocycles. The Morgan fingerprint density at radius 2 is 1.72 bits per heavy atom. The maximum atomic E-state index is 12.5. The molecule has 3 rings (SSSR count). The van der Waals surface area contributed by atoms with E-state index in [-0.39, 0.29) is 10.8 Å². The highest BCUT2D eigenvalue weighted by molar-refractivity contribution is 7.89. The first-order valence-corrected chi connectivity index (χ1v) is 9.01. The van der Waals surface area contributed by atoms with E-state index >= 15 is 0 Å². The van der Waals surface area contributed by atoms with Crippen molar-refractivity contribution >= 4 is 32.5 Å². The molecule has 25 heavy (non-hydrogen) atoms. The fraction of sp³-hybridized carbons (Fsp3) is 0.111. The second kappa shape index (κ2) is 6.62. The number of pyridine rings is 1. The highest BCUT2D eigenvalue weighted by Crippen LogP contribution is 2.22. The number of benzene rings is 2. The first-order chi connectivity index (χ1) is 11.9.